The molecule has 0 aliphatic carbocycles. The first-order valence-electron chi connectivity index (χ1n) is 4.41. The molecule has 0 unspecified atom stereocenters. The van der Waals surface area contributed by atoms with E-state index in [-0.39, 0.29) is 0 Å². The first-order chi connectivity index (χ1) is 7.00. The van der Waals surface area contributed by atoms with Crippen LogP contribution in [0.5, 0.6) is 0 Å². The van der Waals surface area contributed by atoms with Crippen molar-refractivity contribution < 1.29 is 0 Å². The third-order valence-corrected chi connectivity index (χ3v) is 3.54. The van der Waals surface area contributed by atoms with Gasteiger partial charge in [0.15, 0.2) is 10.8 Å². The van der Waals surface area contributed by atoms with Crippen LogP contribution in [0.4, 0.5) is 0 Å². The summed E-state index contributed by atoms with van der Waals surface area (Å²) in [6.45, 7) is 4.17. The van der Waals surface area contributed by atoms with E-state index in [0.717, 1.165) is 20.4 Å². The van der Waals surface area contributed by atoms with Crippen LogP contribution < -0.4 is 0 Å². The van der Waals surface area contributed by atoms with Gasteiger partial charge < -0.3 is 0 Å². The first kappa shape index (κ1) is 11.4. The van der Waals surface area contributed by atoms with E-state index in [0.29, 0.717) is 11.1 Å². The topological polar surface area (TPSA) is 30.2 Å². The number of rotatable bonds is 1. The number of hydrogen-bond acceptors (Lipinski definition) is 2. The van der Waals surface area contributed by atoms with Crippen LogP contribution in [0, 0.1) is 0 Å². The summed E-state index contributed by atoms with van der Waals surface area (Å²) in [6.07, 6.45) is 0. The summed E-state index contributed by atoms with van der Waals surface area (Å²) >= 11 is 12.8. The Balaban J connectivity index is 2.82. The van der Waals surface area contributed by atoms with Gasteiger partial charge in [0.25, 0.3) is 0 Å². The zero-order valence-corrected chi connectivity index (χ0v) is 12.1. The molecule has 80 valence electrons. The largest absolute Gasteiger partial charge is 0.229 e. The van der Waals surface area contributed by atoms with E-state index < -0.39 is 0 Å². The molecule has 0 fully saturated rings. The highest BCUT2D eigenvalue weighted by Gasteiger charge is 2.16. The van der Waals surface area contributed by atoms with Gasteiger partial charge in [0.05, 0.1) is 10.2 Å². The smallest absolute Gasteiger partial charge is 0.169 e. The monoisotopic (exact) mass is 351 g/mol. The summed E-state index contributed by atoms with van der Waals surface area (Å²) < 4.78 is 3.40. The third-order valence-electron chi connectivity index (χ3n) is 2.03. The fraction of sp³-hybridized carbons (Fsp3) is 0.333. The zero-order chi connectivity index (χ0) is 11.2. The molecule has 0 saturated carbocycles. The van der Waals surface area contributed by atoms with Crippen molar-refractivity contribution in [2.45, 2.75) is 19.8 Å². The Morgan fingerprint density at radius 1 is 1.40 bits per heavy atom. The molecule has 0 N–H and O–H groups in total. The molecular formula is C9H8Br2ClN3. The Morgan fingerprint density at radius 2 is 2.07 bits per heavy atom. The number of halogens is 3. The molecule has 0 bridgehead atoms. The minimum Gasteiger partial charge on any atom is -0.229 e. The lowest BCUT2D eigenvalue weighted by molar-refractivity contribution is 0.818. The van der Waals surface area contributed by atoms with Gasteiger partial charge in [-0.25, -0.2) is 9.50 Å². The van der Waals surface area contributed by atoms with Gasteiger partial charge >= 0.3 is 0 Å². The zero-order valence-electron chi connectivity index (χ0n) is 8.13. The second-order valence-electron chi connectivity index (χ2n) is 3.49. The van der Waals surface area contributed by atoms with E-state index in [4.69, 9.17) is 11.6 Å². The van der Waals surface area contributed by atoms with Gasteiger partial charge in [-0.05, 0) is 43.8 Å². The molecule has 0 atom stereocenters. The standard InChI is InChI=1S/C9H8Br2ClN3/c1-4(2)7-8(11)15-9(13-7)5(10)3-6(12)14-15/h3-4H,1-2H3. The Hall–Kier alpha value is -0.130. The minimum atomic E-state index is 0.340. The van der Waals surface area contributed by atoms with Crippen LogP contribution in [0.3, 0.4) is 0 Å². The molecule has 2 heterocycles. The molecule has 2 aromatic heterocycles. The third kappa shape index (κ3) is 1.92. The maximum Gasteiger partial charge on any atom is 0.169 e. The average molecular weight is 353 g/mol. The van der Waals surface area contributed by atoms with Crippen LogP contribution in [0.15, 0.2) is 15.1 Å². The molecule has 2 aromatic rings. The average Bonchev–Trinajstić information content (AvgIpc) is 2.44. The summed E-state index contributed by atoms with van der Waals surface area (Å²) in [4.78, 5) is 4.50. The molecule has 0 aromatic carbocycles. The van der Waals surface area contributed by atoms with Crippen molar-refractivity contribution in [3.8, 4) is 0 Å². The van der Waals surface area contributed by atoms with Gasteiger partial charge in [0.1, 0.15) is 4.60 Å². The molecule has 0 spiro atoms. The van der Waals surface area contributed by atoms with Gasteiger partial charge in [0.2, 0.25) is 0 Å². The summed E-state index contributed by atoms with van der Waals surface area (Å²) in [5.74, 6) is 0.340. The molecule has 3 nitrogen and oxygen atoms in total. The predicted molar refractivity (Wildman–Crippen MR) is 67.5 cm³/mol. The highest BCUT2D eigenvalue weighted by atomic mass is 79.9. The highest BCUT2D eigenvalue weighted by molar-refractivity contribution is 9.11. The fourth-order valence-electron chi connectivity index (χ4n) is 1.32. The summed E-state index contributed by atoms with van der Waals surface area (Å²) in [5, 5.41) is 4.61. The number of nitrogens with zero attached hydrogens (tertiary/aromatic N) is 3. The highest BCUT2D eigenvalue weighted by Crippen LogP contribution is 2.29. The van der Waals surface area contributed by atoms with E-state index in [2.05, 4.69) is 55.8 Å². The van der Waals surface area contributed by atoms with Crippen molar-refractivity contribution in [1.82, 2.24) is 14.6 Å². The van der Waals surface area contributed by atoms with Crippen molar-refractivity contribution in [3.63, 3.8) is 0 Å². The number of hydrogen-bond donors (Lipinski definition) is 0. The van der Waals surface area contributed by atoms with E-state index in [1.807, 2.05) is 0 Å². The first-order valence-corrected chi connectivity index (χ1v) is 6.37. The molecule has 2 rings (SSSR count). The normalized spacial score (nSPS) is 11.6. The van der Waals surface area contributed by atoms with Crippen LogP contribution in [-0.2, 0) is 0 Å². The summed E-state index contributed by atoms with van der Waals surface area (Å²) in [7, 11) is 0. The summed E-state index contributed by atoms with van der Waals surface area (Å²) in [6, 6.07) is 1.74. The lowest BCUT2D eigenvalue weighted by Gasteiger charge is -1.99. The Morgan fingerprint density at radius 3 is 2.67 bits per heavy atom. The predicted octanol–water partition coefficient (Wildman–Crippen LogP) is 4.03. The SMILES string of the molecule is CC(C)c1nc2c(Br)cc(Cl)nn2c1Br. The molecule has 0 aliphatic heterocycles. The molecule has 0 amide bonds. The van der Waals surface area contributed by atoms with Crippen molar-refractivity contribution in [2.24, 2.45) is 0 Å². The van der Waals surface area contributed by atoms with Crippen molar-refractivity contribution in [3.05, 3.63) is 26.0 Å². The molecule has 15 heavy (non-hydrogen) atoms. The second kappa shape index (κ2) is 4.03. The maximum absolute atomic E-state index is 5.87. The molecule has 0 radical (unpaired) electrons. The van der Waals surface area contributed by atoms with Gasteiger partial charge in [-0.3, -0.25) is 0 Å². The molecule has 0 aliphatic rings. The Labute approximate surface area is 109 Å². The number of fused-ring (bicyclic) bond motifs is 1. The Bertz CT molecular complexity index is 522. The van der Waals surface area contributed by atoms with E-state index in [1.54, 1.807) is 10.6 Å². The van der Waals surface area contributed by atoms with Gasteiger partial charge in [0, 0.05) is 0 Å². The van der Waals surface area contributed by atoms with Gasteiger partial charge in [-0.15, -0.1) is 0 Å². The van der Waals surface area contributed by atoms with Crippen molar-refractivity contribution in [1.29, 1.82) is 0 Å². The van der Waals surface area contributed by atoms with Crippen LogP contribution >= 0.6 is 43.5 Å². The summed E-state index contributed by atoms with van der Waals surface area (Å²) in [5.41, 5.74) is 1.75. The van der Waals surface area contributed by atoms with E-state index >= 15 is 0 Å². The molecule has 0 saturated heterocycles. The Kier molecular flexibility index (Phi) is 3.05. The van der Waals surface area contributed by atoms with Crippen LogP contribution in [0.1, 0.15) is 25.5 Å². The lowest BCUT2D eigenvalue weighted by atomic mass is 10.2. The van der Waals surface area contributed by atoms with Crippen molar-refractivity contribution >= 4 is 49.1 Å². The number of imidazole rings is 1. The lowest BCUT2D eigenvalue weighted by Crippen LogP contribution is -1.93. The maximum atomic E-state index is 5.87. The fourth-order valence-corrected chi connectivity index (χ4v) is 2.90. The quantitative estimate of drug-likeness (QED) is 0.775. The van der Waals surface area contributed by atoms with Crippen LogP contribution in [0.2, 0.25) is 5.15 Å². The van der Waals surface area contributed by atoms with Gasteiger partial charge in [-0.1, -0.05) is 25.4 Å². The minimum absolute atomic E-state index is 0.340. The van der Waals surface area contributed by atoms with Gasteiger partial charge in [-0.2, -0.15) is 5.10 Å². The van der Waals surface area contributed by atoms with Crippen molar-refractivity contribution in [2.75, 3.05) is 0 Å². The van der Waals surface area contributed by atoms with Crippen LogP contribution in [0.25, 0.3) is 5.65 Å². The van der Waals surface area contributed by atoms with E-state index in [9.17, 15) is 0 Å². The second-order valence-corrected chi connectivity index (χ2v) is 5.49. The number of aromatic nitrogens is 3. The molecule has 6 heteroatoms. The van der Waals surface area contributed by atoms with E-state index in [1.165, 1.54) is 0 Å². The van der Waals surface area contributed by atoms with Crippen LogP contribution in [-0.4, -0.2) is 14.6 Å². The molecular weight excluding hydrogens is 345 g/mol.